The lowest BCUT2D eigenvalue weighted by atomic mass is 9.80. The van der Waals surface area contributed by atoms with Crippen LogP contribution in [0.25, 0.3) is 0 Å². The minimum atomic E-state index is 0.000000000000000222. The molecule has 11 heavy (non-hydrogen) atoms. The molecule has 0 atom stereocenters. The maximum absolute atomic E-state index is 6.00. The van der Waals surface area contributed by atoms with Crippen LogP contribution in [0, 0.1) is 11.8 Å². The monoisotopic (exact) mass is 179 g/mol. The number of hydrogen-bond acceptors (Lipinski definition) is 1. The van der Waals surface area contributed by atoms with Crippen LogP contribution in [0.1, 0.15) is 34.6 Å². The van der Waals surface area contributed by atoms with Crippen molar-refractivity contribution < 1.29 is 0 Å². The first-order valence-corrected chi connectivity index (χ1v) is 4.81. The first-order chi connectivity index (χ1) is 4.89. The smallest absolute Gasteiger partial charge is 0.0172 e. The fraction of sp³-hybridized carbons (Fsp3) is 1.00. The molecular weight excluding hydrogens is 158 g/mol. The van der Waals surface area contributed by atoms with Crippen molar-refractivity contribution in [2.75, 3.05) is 6.38 Å². The molecule has 0 aliphatic heterocycles. The van der Waals surface area contributed by atoms with E-state index < -0.39 is 0 Å². The van der Waals surface area contributed by atoms with Gasteiger partial charge in [0.1, 0.15) is 0 Å². The summed E-state index contributed by atoms with van der Waals surface area (Å²) in [5.74, 6) is 1.13. The second-order valence-corrected chi connectivity index (χ2v) is 3.68. The Morgan fingerprint density at radius 1 is 1.00 bits per heavy atom. The molecule has 0 amide bonds. The molecular formula is C9H22ClN. The summed E-state index contributed by atoms with van der Waals surface area (Å²) in [6, 6.07) is 0. The van der Waals surface area contributed by atoms with Crippen LogP contribution >= 0.6 is 11.6 Å². The van der Waals surface area contributed by atoms with Crippen LogP contribution in [0.4, 0.5) is 0 Å². The summed E-state index contributed by atoms with van der Waals surface area (Å²) in [4.78, 5) is 0. The minimum Gasteiger partial charge on any atom is -0.325 e. The average Bonchev–Trinajstić information content (AvgIpc) is 1.91. The van der Waals surface area contributed by atoms with Crippen molar-refractivity contribution in [1.29, 1.82) is 0 Å². The van der Waals surface area contributed by atoms with Gasteiger partial charge in [-0.2, -0.15) is 0 Å². The highest BCUT2D eigenvalue weighted by Crippen LogP contribution is 2.21. The summed E-state index contributed by atoms with van der Waals surface area (Å²) in [5, 5.41) is 0. The van der Waals surface area contributed by atoms with E-state index in [1.807, 2.05) is 0 Å². The van der Waals surface area contributed by atoms with Crippen molar-refractivity contribution in [3.8, 4) is 0 Å². The third-order valence-corrected chi connectivity index (χ3v) is 2.49. The molecule has 2 heteroatoms. The van der Waals surface area contributed by atoms with E-state index in [2.05, 4.69) is 46.2 Å². The largest absolute Gasteiger partial charge is 0.325 e. The molecule has 70 valence electrons. The normalized spacial score (nSPS) is 11.5. The molecule has 0 aromatic rings. The summed E-state index contributed by atoms with van der Waals surface area (Å²) in [6.07, 6.45) is 1.47. The average molecular weight is 180 g/mol. The third kappa shape index (κ3) is 4.65. The van der Waals surface area contributed by atoms with E-state index in [-0.39, 0.29) is 5.54 Å². The summed E-state index contributed by atoms with van der Waals surface area (Å²) < 4.78 is 0. The van der Waals surface area contributed by atoms with E-state index >= 15 is 0 Å². The van der Waals surface area contributed by atoms with E-state index in [4.69, 9.17) is 5.73 Å². The van der Waals surface area contributed by atoms with Crippen molar-refractivity contribution >= 4 is 11.6 Å². The highest BCUT2D eigenvalue weighted by molar-refractivity contribution is 6.15. The number of hydrogen-bond donors (Lipinski definition) is 1. The Kier molecular flexibility index (Phi) is 7.34. The lowest BCUT2D eigenvalue weighted by Gasteiger charge is -2.33. The Balaban J connectivity index is 0. The Labute approximate surface area is 76.3 Å². The van der Waals surface area contributed by atoms with Gasteiger partial charge in [-0.15, -0.1) is 11.6 Å². The van der Waals surface area contributed by atoms with Crippen LogP contribution in [0.2, 0.25) is 0 Å². The molecule has 0 rings (SSSR count). The number of nitrogens with two attached hydrogens (primary N) is 1. The lowest BCUT2D eigenvalue weighted by Crippen LogP contribution is -2.46. The predicted molar refractivity (Wildman–Crippen MR) is 54.0 cm³/mol. The molecule has 0 unspecified atom stereocenters. The minimum absolute atomic E-state index is 0.000000000000000222. The Hall–Kier alpha value is 0.250. The Morgan fingerprint density at radius 2 is 1.18 bits per heavy atom. The third-order valence-electron chi connectivity index (χ3n) is 2.49. The van der Waals surface area contributed by atoms with Crippen molar-refractivity contribution in [1.82, 2.24) is 0 Å². The molecule has 1 nitrogen and oxygen atoms in total. The maximum atomic E-state index is 6.00. The van der Waals surface area contributed by atoms with E-state index in [9.17, 15) is 0 Å². The number of rotatable bonds is 2. The molecule has 0 aliphatic carbocycles. The molecule has 0 spiro atoms. The van der Waals surface area contributed by atoms with Gasteiger partial charge < -0.3 is 5.73 Å². The second kappa shape index (κ2) is 5.84. The molecule has 0 aromatic carbocycles. The van der Waals surface area contributed by atoms with Gasteiger partial charge in [-0.25, -0.2) is 0 Å². The number of halogens is 1. The summed E-state index contributed by atoms with van der Waals surface area (Å²) in [5.41, 5.74) is 6.00. The summed E-state index contributed by atoms with van der Waals surface area (Å²) >= 11 is 4.64. The predicted octanol–water partition coefficient (Wildman–Crippen LogP) is 2.87. The fourth-order valence-electron chi connectivity index (χ4n) is 0.667. The van der Waals surface area contributed by atoms with Gasteiger partial charge >= 0.3 is 0 Å². The zero-order valence-corrected chi connectivity index (χ0v) is 9.37. The van der Waals surface area contributed by atoms with Gasteiger partial charge in [0, 0.05) is 11.9 Å². The fourth-order valence-corrected chi connectivity index (χ4v) is 0.667. The standard InChI is InChI=1S/C8H19N.CH3Cl/c1-6(2)8(5,9)7(3)4;1-2/h6-7H,9H2,1-5H3;1H3. The Morgan fingerprint density at radius 3 is 1.18 bits per heavy atom. The van der Waals surface area contributed by atoms with Crippen LogP contribution in [0.5, 0.6) is 0 Å². The van der Waals surface area contributed by atoms with E-state index in [0.717, 1.165) is 0 Å². The zero-order chi connectivity index (χ0) is 9.65. The van der Waals surface area contributed by atoms with E-state index in [1.165, 1.54) is 6.38 Å². The quantitative estimate of drug-likeness (QED) is 0.649. The molecule has 0 bridgehead atoms. The van der Waals surface area contributed by atoms with Gasteiger partial charge in [0.25, 0.3) is 0 Å². The lowest BCUT2D eigenvalue weighted by molar-refractivity contribution is 0.250. The number of alkyl halides is 1. The topological polar surface area (TPSA) is 26.0 Å². The SMILES string of the molecule is CC(C)C(C)(N)C(C)C.CCl. The molecule has 0 radical (unpaired) electrons. The van der Waals surface area contributed by atoms with Gasteiger partial charge in [0.05, 0.1) is 0 Å². The van der Waals surface area contributed by atoms with Gasteiger partial charge in [-0.1, -0.05) is 27.7 Å². The van der Waals surface area contributed by atoms with Crippen molar-refractivity contribution in [2.45, 2.75) is 40.2 Å². The van der Waals surface area contributed by atoms with Gasteiger partial charge in [0.15, 0.2) is 0 Å². The van der Waals surface area contributed by atoms with Crippen molar-refractivity contribution in [3.63, 3.8) is 0 Å². The molecule has 0 saturated heterocycles. The second-order valence-electron chi connectivity index (χ2n) is 3.68. The van der Waals surface area contributed by atoms with E-state index in [0.29, 0.717) is 11.8 Å². The molecule has 0 saturated carbocycles. The van der Waals surface area contributed by atoms with E-state index in [1.54, 1.807) is 0 Å². The molecule has 0 aromatic heterocycles. The Bertz CT molecular complexity index is 77.6. The van der Waals surface area contributed by atoms with Crippen LogP contribution in [0.15, 0.2) is 0 Å². The summed E-state index contributed by atoms with van der Waals surface area (Å²) in [7, 11) is 0. The van der Waals surface area contributed by atoms with Crippen LogP contribution in [-0.2, 0) is 0 Å². The van der Waals surface area contributed by atoms with Crippen LogP contribution in [-0.4, -0.2) is 11.9 Å². The highest BCUT2D eigenvalue weighted by Gasteiger charge is 2.26. The first kappa shape index (κ1) is 13.8. The van der Waals surface area contributed by atoms with Crippen molar-refractivity contribution in [2.24, 2.45) is 17.6 Å². The molecule has 0 fully saturated rings. The van der Waals surface area contributed by atoms with Gasteiger partial charge in [-0.05, 0) is 18.8 Å². The zero-order valence-electron chi connectivity index (χ0n) is 8.61. The van der Waals surface area contributed by atoms with Gasteiger partial charge in [0.2, 0.25) is 0 Å². The highest BCUT2D eigenvalue weighted by atomic mass is 35.5. The van der Waals surface area contributed by atoms with Crippen molar-refractivity contribution in [3.05, 3.63) is 0 Å². The van der Waals surface area contributed by atoms with Gasteiger partial charge in [-0.3, -0.25) is 0 Å². The molecule has 2 N–H and O–H groups in total. The summed E-state index contributed by atoms with van der Waals surface area (Å²) in [6.45, 7) is 10.8. The maximum Gasteiger partial charge on any atom is 0.0172 e. The first-order valence-electron chi connectivity index (χ1n) is 4.05. The molecule has 0 aliphatic rings. The van der Waals surface area contributed by atoms with Crippen LogP contribution < -0.4 is 5.73 Å². The molecule has 0 heterocycles. The van der Waals surface area contributed by atoms with Crippen LogP contribution in [0.3, 0.4) is 0 Å².